The number of nitrogens with zero attached hydrogens (tertiary/aromatic N) is 4. The molecule has 1 amide bonds. The summed E-state index contributed by atoms with van der Waals surface area (Å²) in [6, 6.07) is 5.56. The predicted octanol–water partition coefficient (Wildman–Crippen LogP) is 1.79. The van der Waals surface area contributed by atoms with Gasteiger partial charge in [0.1, 0.15) is 5.15 Å². The van der Waals surface area contributed by atoms with Crippen LogP contribution in [0.25, 0.3) is 0 Å². The fourth-order valence-electron chi connectivity index (χ4n) is 2.35. The Morgan fingerprint density at radius 3 is 2.65 bits per heavy atom. The summed E-state index contributed by atoms with van der Waals surface area (Å²) in [6.45, 7) is 4.75. The molecule has 0 aliphatic carbocycles. The van der Waals surface area contributed by atoms with E-state index >= 15 is 0 Å². The zero-order valence-corrected chi connectivity index (χ0v) is 12.2. The zero-order chi connectivity index (χ0) is 14.5. The number of halogens is 1. The second-order valence-electron chi connectivity index (χ2n) is 4.75. The predicted molar refractivity (Wildman–Crippen MR) is 76.4 cm³/mol. The van der Waals surface area contributed by atoms with Gasteiger partial charge in [0.15, 0.2) is 0 Å². The Kier molecular flexibility index (Phi) is 4.94. The third-order valence-corrected chi connectivity index (χ3v) is 3.78. The number of nitriles is 1. The number of aromatic nitrogens is 1. The van der Waals surface area contributed by atoms with Crippen molar-refractivity contribution in [2.45, 2.75) is 19.4 Å². The highest BCUT2D eigenvalue weighted by molar-refractivity contribution is 6.29. The number of hydrogen-bond acceptors (Lipinski definition) is 4. The van der Waals surface area contributed by atoms with Crippen molar-refractivity contribution in [3.05, 3.63) is 29.0 Å². The molecule has 1 aromatic heterocycles. The molecule has 0 radical (unpaired) electrons. The van der Waals surface area contributed by atoms with E-state index in [4.69, 9.17) is 16.9 Å². The van der Waals surface area contributed by atoms with Gasteiger partial charge in [-0.1, -0.05) is 18.5 Å². The van der Waals surface area contributed by atoms with Crippen LogP contribution >= 0.6 is 11.6 Å². The molecule has 0 N–H and O–H groups in total. The number of carbonyl (C=O) groups excluding carboxylic acids is 1. The smallest absolute Gasteiger partial charge is 0.255 e. The minimum absolute atomic E-state index is 0.0289. The van der Waals surface area contributed by atoms with Crippen molar-refractivity contribution in [1.82, 2.24) is 14.8 Å². The molecule has 1 aliphatic heterocycles. The maximum absolute atomic E-state index is 12.3. The number of piperazine rings is 1. The largest absolute Gasteiger partial charge is 0.336 e. The van der Waals surface area contributed by atoms with Crippen LogP contribution in [-0.2, 0) is 0 Å². The van der Waals surface area contributed by atoms with Crippen molar-refractivity contribution >= 4 is 17.5 Å². The minimum atomic E-state index is -0.0514. The Morgan fingerprint density at radius 1 is 1.45 bits per heavy atom. The van der Waals surface area contributed by atoms with Gasteiger partial charge in [-0.2, -0.15) is 5.26 Å². The Bertz CT molecular complexity index is 503. The van der Waals surface area contributed by atoms with E-state index in [0.717, 1.165) is 19.5 Å². The molecule has 1 saturated heterocycles. The number of amides is 1. The van der Waals surface area contributed by atoms with Crippen LogP contribution in [0.4, 0.5) is 0 Å². The number of hydrogen-bond donors (Lipinski definition) is 0. The first-order valence-corrected chi connectivity index (χ1v) is 7.08. The highest BCUT2D eigenvalue weighted by Gasteiger charge is 2.25. The van der Waals surface area contributed by atoms with E-state index in [9.17, 15) is 4.79 Å². The summed E-state index contributed by atoms with van der Waals surface area (Å²) in [5.74, 6) is -0.0289. The van der Waals surface area contributed by atoms with E-state index in [2.05, 4.69) is 16.0 Å². The minimum Gasteiger partial charge on any atom is -0.336 e. The van der Waals surface area contributed by atoms with Crippen molar-refractivity contribution in [2.75, 3.05) is 26.2 Å². The summed E-state index contributed by atoms with van der Waals surface area (Å²) >= 11 is 5.71. The molecule has 6 heteroatoms. The Balaban J connectivity index is 1.95. The van der Waals surface area contributed by atoms with Gasteiger partial charge in [0.2, 0.25) is 0 Å². The topological polar surface area (TPSA) is 60.2 Å². The molecule has 20 heavy (non-hydrogen) atoms. The summed E-state index contributed by atoms with van der Waals surface area (Å²) in [5.41, 5.74) is 0.551. The van der Waals surface area contributed by atoms with E-state index in [1.54, 1.807) is 17.0 Å². The lowest BCUT2D eigenvalue weighted by Crippen LogP contribution is -2.51. The van der Waals surface area contributed by atoms with Crippen molar-refractivity contribution in [2.24, 2.45) is 0 Å². The summed E-state index contributed by atoms with van der Waals surface area (Å²) in [6.07, 6.45) is 2.31. The van der Waals surface area contributed by atoms with E-state index in [1.165, 1.54) is 6.20 Å². The molecule has 1 unspecified atom stereocenters. The van der Waals surface area contributed by atoms with E-state index in [-0.39, 0.29) is 11.9 Å². The van der Waals surface area contributed by atoms with Crippen molar-refractivity contribution < 1.29 is 4.79 Å². The van der Waals surface area contributed by atoms with Crippen LogP contribution in [0.5, 0.6) is 0 Å². The average molecular weight is 293 g/mol. The van der Waals surface area contributed by atoms with E-state index < -0.39 is 0 Å². The lowest BCUT2D eigenvalue weighted by atomic mass is 10.1. The molecule has 0 aromatic carbocycles. The molecule has 1 fully saturated rings. The number of pyridine rings is 1. The van der Waals surface area contributed by atoms with Gasteiger partial charge in [0, 0.05) is 32.4 Å². The fourth-order valence-corrected chi connectivity index (χ4v) is 2.46. The first-order chi connectivity index (χ1) is 9.65. The second-order valence-corrected chi connectivity index (χ2v) is 5.14. The molecule has 0 spiro atoms. The molecule has 0 saturated carbocycles. The standard InChI is InChI=1S/C14H17ClN4O/c1-2-12(9-16)18-5-7-19(8-6-18)14(20)11-3-4-13(15)17-10-11/h3-4,10,12H,2,5-8H2,1H3. The maximum Gasteiger partial charge on any atom is 0.255 e. The van der Waals surface area contributed by atoms with Gasteiger partial charge in [0.25, 0.3) is 5.91 Å². The lowest BCUT2D eigenvalue weighted by Gasteiger charge is -2.36. The molecule has 106 valence electrons. The van der Waals surface area contributed by atoms with Gasteiger partial charge in [-0.05, 0) is 18.6 Å². The summed E-state index contributed by atoms with van der Waals surface area (Å²) in [5, 5.41) is 9.45. The highest BCUT2D eigenvalue weighted by Crippen LogP contribution is 2.13. The molecule has 0 bridgehead atoms. The third kappa shape index (κ3) is 3.27. The van der Waals surface area contributed by atoms with Crippen molar-refractivity contribution in [3.63, 3.8) is 0 Å². The molecule has 1 atom stereocenters. The summed E-state index contributed by atoms with van der Waals surface area (Å²) < 4.78 is 0. The Morgan fingerprint density at radius 2 is 2.15 bits per heavy atom. The Hall–Kier alpha value is -1.64. The fraction of sp³-hybridized carbons (Fsp3) is 0.500. The maximum atomic E-state index is 12.3. The molecule has 1 aromatic rings. The van der Waals surface area contributed by atoms with Gasteiger partial charge in [-0.15, -0.1) is 0 Å². The first-order valence-electron chi connectivity index (χ1n) is 6.70. The zero-order valence-electron chi connectivity index (χ0n) is 11.4. The Labute approximate surface area is 123 Å². The summed E-state index contributed by atoms with van der Waals surface area (Å²) in [4.78, 5) is 20.1. The van der Waals surface area contributed by atoms with Crippen molar-refractivity contribution in [3.8, 4) is 6.07 Å². The van der Waals surface area contributed by atoms with Gasteiger partial charge in [0.05, 0.1) is 17.7 Å². The van der Waals surface area contributed by atoms with Crippen LogP contribution in [0.1, 0.15) is 23.7 Å². The second kappa shape index (κ2) is 6.69. The highest BCUT2D eigenvalue weighted by atomic mass is 35.5. The normalized spacial score (nSPS) is 17.6. The van der Waals surface area contributed by atoms with Gasteiger partial charge in [-0.3, -0.25) is 9.69 Å². The monoisotopic (exact) mass is 292 g/mol. The van der Waals surface area contributed by atoms with Crippen LogP contribution in [0.2, 0.25) is 5.15 Å². The molecule has 2 heterocycles. The molecule has 5 nitrogen and oxygen atoms in total. The quantitative estimate of drug-likeness (QED) is 0.797. The lowest BCUT2D eigenvalue weighted by molar-refractivity contribution is 0.0604. The van der Waals surface area contributed by atoms with Crippen molar-refractivity contribution in [1.29, 1.82) is 5.26 Å². The van der Waals surface area contributed by atoms with Gasteiger partial charge < -0.3 is 4.90 Å². The number of carbonyl (C=O) groups is 1. The van der Waals surface area contributed by atoms with Crippen LogP contribution in [0, 0.1) is 11.3 Å². The van der Waals surface area contributed by atoms with Crippen LogP contribution < -0.4 is 0 Å². The SMILES string of the molecule is CCC(C#N)N1CCN(C(=O)c2ccc(Cl)nc2)CC1. The summed E-state index contributed by atoms with van der Waals surface area (Å²) in [7, 11) is 0. The van der Waals surface area contributed by atoms with Crippen LogP contribution in [0.15, 0.2) is 18.3 Å². The third-order valence-electron chi connectivity index (χ3n) is 3.55. The van der Waals surface area contributed by atoms with Gasteiger partial charge >= 0.3 is 0 Å². The molecule has 1 aliphatic rings. The van der Waals surface area contributed by atoms with Crippen LogP contribution in [-0.4, -0.2) is 52.9 Å². The molecule has 2 rings (SSSR count). The average Bonchev–Trinajstić information content (AvgIpc) is 2.49. The number of rotatable bonds is 3. The molecular formula is C14H17ClN4O. The van der Waals surface area contributed by atoms with E-state index in [1.807, 2.05) is 6.92 Å². The van der Waals surface area contributed by atoms with Gasteiger partial charge in [-0.25, -0.2) is 4.98 Å². The molecular weight excluding hydrogens is 276 g/mol. The van der Waals surface area contributed by atoms with Crippen LogP contribution in [0.3, 0.4) is 0 Å². The first kappa shape index (κ1) is 14.8. The van der Waals surface area contributed by atoms with E-state index in [0.29, 0.717) is 23.8 Å².